The molecule has 2 rings (SSSR count). The zero-order valence-corrected chi connectivity index (χ0v) is 10.1. The Balaban J connectivity index is 1.87. The van der Waals surface area contributed by atoms with E-state index in [0.717, 1.165) is 5.56 Å². The Morgan fingerprint density at radius 1 is 1.42 bits per heavy atom. The maximum Gasteiger partial charge on any atom is 0.245 e. The molecule has 0 aliphatic carbocycles. The lowest BCUT2D eigenvalue weighted by Gasteiger charge is -2.36. The molecule has 0 aromatic heterocycles. The molecule has 98 valence electrons. The summed E-state index contributed by atoms with van der Waals surface area (Å²) in [6.07, 6.45) is 0.221. The first-order valence-corrected chi connectivity index (χ1v) is 5.85. The summed E-state index contributed by atoms with van der Waals surface area (Å²) >= 11 is 0. The van der Waals surface area contributed by atoms with Crippen LogP contribution in [0.1, 0.15) is 5.56 Å². The normalized spacial score (nSPS) is 20.7. The molecule has 0 radical (unpaired) electrons. The highest BCUT2D eigenvalue weighted by atomic mass is 16.2. The SMILES string of the molecule is [N-]=[N+]=NCC1NC(=O)C1NC(=O)Cc1ccccc1. The standard InChI is InChI=1S/C12H13N5O2/c13-17-14-7-9-11(12(19)15-9)16-10(18)6-8-4-2-1-3-5-8/h1-5,9,11H,6-7H2,(H,15,19)(H,16,18). The molecule has 2 N–H and O–H groups in total. The second-order valence-electron chi connectivity index (χ2n) is 4.24. The Bertz CT molecular complexity index is 524. The van der Waals surface area contributed by atoms with Crippen LogP contribution in [0, 0.1) is 0 Å². The van der Waals surface area contributed by atoms with Gasteiger partial charge in [0.05, 0.1) is 12.5 Å². The maximum absolute atomic E-state index is 11.8. The third kappa shape index (κ3) is 3.23. The quantitative estimate of drug-likeness (QED) is 0.348. The van der Waals surface area contributed by atoms with Crippen molar-refractivity contribution in [1.82, 2.24) is 10.6 Å². The highest BCUT2D eigenvalue weighted by molar-refractivity contribution is 5.93. The lowest BCUT2D eigenvalue weighted by Crippen LogP contribution is -2.70. The fourth-order valence-electron chi connectivity index (χ4n) is 1.89. The fraction of sp³-hybridized carbons (Fsp3) is 0.333. The van der Waals surface area contributed by atoms with Crippen LogP contribution in [0.3, 0.4) is 0 Å². The molecule has 0 spiro atoms. The molecule has 1 fully saturated rings. The lowest BCUT2D eigenvalue weighted by atomic mass is 9.98. The largest absolute Gasteiger partial charge is 0.349 e. The molecule has 2 unspecified atom stereocenters. The van der Waals surface area contributed by atoms with E-state index in [0.29, 0.717) is 0 Å². The number of benzene rings is 1. The molecule has 7 nitrogen and oxygen atoms in total. The Hall–Kier alpha value is -2.53. The Labute approximate surface area is 109 Å². The Morgan fingerprint density at radius 2 is 2.16 bits per heavy atom. The number of hydrogen-bond donors (Lipinski definition) is 2. The van der Waals surface area contributed by atoms with Gasteiger partial charge in [0.2, 0.25) is 11.8 Å². The van der Waals surface area contributed by atoms with E-state index in [1.807, 2.05) is 30.3 Å². The third-order valence-electron chi connectivity index (χ3n) is 2.88. The molecule has 2 atom stereocenters. The number of amides is 2. The van der Waals surface area contributed by atoms with Crippen molar-refractivity contribution in [1.29, 1.82) is 0 Å². The molecule has 1 aliphatic heterocycles. The smallest absolute Gasteiger partial charge is 0.245 e. The van der Waals surface area contributed by atoms with Crippen LogP contribution in [0.25, 0.3) is 10.4 Å². The van der Waals surface area contributed by atoms with E-state index >= 15 is 0 Å². The first kappa shape index (κ1) is 12.9. The van der Waals surface area contributed by atoms with E-state index in [-0.39, 0.29) is 30.8 Å². The minimum absolute atomic E-state index is 0.137. The third-order valence-corrected chi connectivity index (χ3v) is 2.88. The van der Waals surface area contributed by atoms with Crippen LogP contribution in [0.15, 0.2) is 35.4 Å². The molecule has 1 aliphatic rings. The van der Waals surface area contributed by atoms with Gasteiger partial charge in [0.15, 0.2) is 0 Å². The van der Waals surface area contributed by atoms with Crippen molar-refractivity contribution in [2.24, 2.45) is 5.11 Å². The number of nitrogens with one attached hydrogen (secondary N) is 2. The summed E-state index contributed by atoms with van der Waals surface area (Å²) < 4.78 is 0. The van der Waals surface area contributed by atoms with Gasteiger partial charge >= 0.3 is 0 Å². The number of rotatable bonds is 5. The van der Waals surface area contributed by atoms with Gasteiger partial charge in [-0.15, -0.1) is 0 Å². The minimum atomic E-state index is -0.610. The molecule has 1 heterocycles. The molecule has 1 saturated heterocycles. The first-order chi connectivity index (χ1) is 9.20. The predicted molar refractivity (Wildman–Crippen MR) is 68.0 cm³/mol. The minimum Gasteiger partial charge on any atom is -0.349 e. The summed E-state index contributed by atoms with van der Waals surface area (Å²) in [4.78, 5) is 25.7. The van der Waals surface area contributed by atoms with Crippen molar-refractivity contribution in [3.8, 4) is 0 Å². The van der Waals surface area contributed by atoms with Gasteiger partial charge in [-0.25, -0.2) is 0 Å². The topological polar surface area (TPSA) is 107 Å². The summed E-state index contributed by atoms with van der Waals surface area (Å²) in [5.74, 6) is -0.475. The van der Waals surface area contributed by atoms with Gasteiger partial charge < -0.3 is 10.6 Å². The summed E-state index contributed by atoms with van der Waals surface area (Å²) in [7, 11) is 0. The monoisotopic (exact) mass is 259 g/mol. The molecule has 0 saturated carbocycles. The summed E-state index contributed by atoms with van der Waals surface area (Å²) in [5.41, 5.74) is 9.10. The van der Waals surface area contributed by atoms with E-state index in [4.69, 9.17) is 5.53 Å². The highest BCUT2D eigenvalue weighted by Gasteiger charge is 2.39. The van der Waals surface area contributed by atoms with Crippen molar-refractivity contribution in [3.05, 3.63) is 46.3 Å². The second kappa shape index (κ2) is 5.88. The average molecular weight is 259 g/mol. The molecule has 2 amide bonds. The van der Waals surface area contributed by atoms with Crippen LogP contribution in [-0.2, 0) is 16.0 Å². The molecule has 7 heteroatoms. The Kier molecular flexibility index (Phi) is 4.00. The summed E-state index contributed by atoms with van der Waals surface area (Å²) in [6, 6.07) is 8.34. The van der Waals surface area contributed by atoms with Gasteiger partial charge in [-0.3, -0.25) is 9.59 Å². The fourth-order valence-corrected chi connectivity index (χ4v) is 1.89. The van der Waals surface area contributed by atoms with Crippen molar-refractivity contribution in [2.75, 3.05) is 6.54 Å². The van der Waals surface area contributed by atoms with Crippen molar-refractivity contribution >= 4 is 11.8 Å². The average Bonchev–Trinajstić information content (AvgIpc) is 2.42. The van der Waals surface area contributed by atoms with E-state index in [1.165, 1.54) is 0 Å². The van der Waals surface area contributed by atoms with Crippen molar-refractivity contribution in [2.45, 2.75) is 18.5 Å². The molecule has 1 aromatic rings. The number of azide groups is 1. The summed E-state index contributed by atoms with van der Waals surface area (Å²) in [5, 5.41) is 8.60. The number of carbonyl (C=O) groups excluding carboxylic acids is 2. The molecule has 1 aromatic carbocycles. The van der Waals surface area contributed by atoms with Crippen LogP contribution in [0.5, 0.6) is 0 Å². The van der Waals surface area contributed by atoms with Gasteiger partial charge in [0.25, 0.3) is 0 Å². The van der Waals surface area contributed by atoms with Gasteiger partial charge in [0.1, 0.15) is 6.04 Å². The summed E-state index contributed by atoms with van der Waals surface area (Å²) in [6.45, 7) is 0.137. The molecular weight excluding hydrogens is 246 g/mol. The van der Waals surface area contributed by atoms with Crippen LogP contribution in [-0.4, -0.2) is 30.4 Å². The van der Waals surface area contributed by atoms with Gasteiger partial charge in [-0.1, -0.05) is 35.4 Å². The van der Waals surface area contributed by atoms with E-state index in [2.05, 4.69) is 20.7 Å². The van der Waals surface area contributed by atoms with Gasteiger partial charge in [0, 0.05) is 11.5 Å². The highest BCUT2D eigenvalue weighted by Crippen LogP contribution is 2.08. The number of carbonyl (C=O) groups is 2. The van der Waals surface area contributed by atoms with Gasteiger partial charge in [-0.05, 0) is 11.1 Å². The second-order valence-corrected chi connectivity index (χ2v) is 4.24. The zero-order valence-electron chi connectivity index (χ0n) is 10.1. The van der Waals surface area contributed by atoms with Crippen LogP contribution < -0.4 is 10.6 Å². The first-order valence-electron chi connectivity index (χ1n) is 5.85. The zero-order chi connectivity index (χ0) is 13.7. The molecular formula is C12H13N5O2. The van der Waals surface area contributed by atoms with E-state index in [1.54, 1.807) is 0 Å². The molecule has 19 heavy (non-hydrogen) atoms. The van der Waals surface area contributed by atoms with Crippen LogP contribution in [0.2, 0.25) is 0 Å². The lowest BCUT2D eigenvalue weighted by molar-refractivity contribution is -0.135. The van der Waals surface area contributed by atoms with E-state index < -0.39 is 6.04 Å². The van der Waals surface area contributed by atoms with Gasteiger partial charge in [-0.2, -0.15) is 0 Å². The molecule has 0 bridgehead atoms. The predicted octanol–water partition coefficient (Wildman–Crippen LogP) is 0.523. The van der Waals surface area contributed by atoms with Crippen LogP contribution in [0.4, 0.5) is 0 Å². The van der Waals surface area contributed by atoms with Crippen LogP contribution >= 0.6 is 0 Å². The van der Waals surface area contributed by atoms with Crippen molar-refractivity contribution < 1.29 is 9.59 Å². The number of β-lactam (4-membered cyclic amide) rings is 1. The maximum atomic E-state index is 11.8. The van der Waals surface area contributed by atoms with Crippen molar-refractivity contribution in [3.63, 3.8) is 0 Å². The number of hydrogen-bond acceptors (Lipinski definition) is 3. The Morgan fingerprint density at radius 3 is 2.79 bits per heavy atom. The number of nitrogens with zero attached hydrogens (tertiary/aromatic N) is 3. The van der Waals surface area contributed by atoms with E-state index in [9.17, 15) is 9.59 Å².